The molecule has 0 bridgehead atoms. The number of nitrogens with zero attached hydrogens (tertiary/aromatic N) is 1. The van der Waals surface area contributed by atoms with Crippen LogP contribution in [0.25, 0.3) is 0 Å². The van der Waals surface area contributed by atoms with Gasteiger partial charge in [-0.25, -0.2) is 4.98 Å². The molecule has 0 aliphatic heterocycles. The van der Waals surface area contributed by atoms with Gasteiger partial charge in [0.05, 0.1) is 0 Å². The molecule has 78 valence electrons. The number of nitrogens with two attached hydrogens (primary N) is 1. The van der Waals surface area contributed by atoms with Crippen LogP contribution in [-0.2, 0) is 4.79 Å². The van der Waals surface area contributed by atoms with Crippen molar-refractivity contribution in [2.45, 2.75) is 19.8 Å². The standard InChI is InChI=1S/C9H15N3OS/c1-7(3-2-4-10)8(13)12-9-11-5-6-14-9/h5-7H,2-4,10H2,1H3,(H,11,12,13). The Labute approximate surface area is 87.5 Å². The molecule has 1 atom stereocenters. The molecule has 3 N–H and O–H groups in total. The summed E-state index contributed by atoms with van der Waals surface area (Å²) in [5, 5.41) is 5.25. The first kappa shape index (κ1) is 11.1. The second-order valence-corrected chi connectivity index (χ2v) is 4.05. The normalized spacial score (nSPS) is 12.4. The smallest absolute Gasteiger partial charge is 0.228 e. The van der Waals surface area contributed by atoms with Gasteiger partial charge in [-0.15, -0.1) is 11.3 Å². The van der Waals surface area contributed by atoms with Crippen LogP contribution >= 0.6 is 11.3 Å². The Bertz CT molecular complexity index is 274. The Morgan fingerprint density at radius 1 is 1.79 bits per heavy atom. The Morgan fingerprint density at radius 2 is 2.57 bits per heavy atom. The third kappa shape index (κ3) is 3.43. The highest BCUT2D eigenvalue weighted by Gasteiger charge is 2.12. The summed E-state index contributed by atoms with van der Waals surface area (Å²) in [5.74, 6) is 0.0239. The maximum atomic E-state index is 11.5. The maximum absolute atomic E-state index is 11.5. The zero-order valence-corrected chi connectivity index (χ0v) is 9.01. The van der Waals surface area contributed by atoms with Gasteiger partial charge in [-0.3, -0.25) is 4.79 Å². The summed E-state index contributed by atoms with van der Waals surface area (Å²) in [6, 6.07) is 0. The van der Waals surface area contributed by atoms with Gasteiger partial charge in [0.25, 0.3) is 0 Å². The van der Waals surface area contributed by atoms with E-state index in [0.29, 0.717) is 11.7 Å². The number of aromatic nitrogens is 1. The van der Waals surface area contributed by atoms with E-state index in [4.69, 9.17) is 5.73 Å². The number of thiazole rings is 1. The molecule has 1 amide bonds. The lowest BCUT2D eigenvalue weighted by molar-refractivity contribution is -0.119. The molecule has 14 heavy (non-hydrogen) atoms. The first-order valence-electron chi connectivity index (χ1n) is 4.64. The Kier molecular flexibility index (Phi) is 4.55. The summed E-state index contributed by atoms with van der Waals surface area (Å²) in [6.45, 7) is 2.54. The van der Waals surface area contributed by atoms with Crippen LogP contribution in [0, 0.1) is 5.92 Å². The number of anilines is 1. The highest BCUT2D eigenvalue weighted by atomic mass is 32.1. The first-order valence-corrected chi connectivity index (χ1v) is 5.52. The number of amides is 1. The molecule has 1 heterocycles. The molecular weight excluding hydrogens is 198 g/mol. The molecule has 0 aromatic carbocycles. The second-order valence-electron chi connectivity index (χ2n) is 3.16. The van der Waals surface area contributed by atoms with E-state index in [-0.39, 0.29) is 11.8 Å². The van der Waals surface area contributed by atoms with Crippen LogP contribution in [-0.4, -0.2) is 17.4 Å². The van der Waals surface area contributed by atoms with Crippen molar-refractivity contribution in [3.8, 4) is 0 Å². The minimum atomic E-state index is 0.00227. The lowest BCUT2D eigenvalue weighted by atomic mass is 10.1. The van der Waals surface area contributed by atoms with Crippen molar-refractivity contribution in [1.82, 2.24) is 4.98 Å². The number of rotatable bonds is 5. The number of hydrogen-bond acceptors (Lipinski definition) is 4. The van der Waals surface area contributed by atoms with Gasteiger partial charge in [0.2, 0.25) is 5.91 Å². The van der Waals surface area contributed by atoms with Crippen molar-refractivity contribution in [2.75, 3.05) is 11.9 Å². The van der Waals surface area contributed by atoms with Crippen molar-refractivity contribution in [2.24, 2.45) is 11.7 Å². The van der Waals surface area contributed by atoms with Crippen LogP contribution in [0.2, 0.25) is 0 Å². The number of carbonyl (C=O) groups excluding carboxylic acids is 1. The van der Waals surface area contributed by atoms with Crippen molar-refractivity contribution >= 4 is 22.4 Å². The molecule has 5 heteroatoms. The largest absolute Gasteiger partial charge is 0.330 e. The minimum Gasteiger partial charge on any atom is -0.330 e. The van der Waals surface area contributed by atoms with Gasteiger partial charge in [0.15, 0.2) is 5.13 Å². The summed E-state index contributed by atoms with van der Waals surface area (Å²) < 4.78 is 0. The third-order valence-corrected chi connectivity index (χ3v) is 2.64. The van der Waals surface area contributed by atoms with Crippen LogP contribution in [0.3, 0.4) is 0 Å². The predicted molar refractivity (Wildman–Crippen MR) is 58.2 cm³/mol. The molecule has 4 nitrogen and oxygen atoms in total. The van der Waals surface area contributed by atoms with Gasteiger partial charge in [-0.05, 0) is 19.4 Å². The number of carbonyl (C=O) groups is 1. The molecule has 1 unspecified atom stereocenters. The highest BCUT2D eigenvalue weighted by molar-refractivity contribution is 7.13. The van der Waals surface area contributed by atoms with Crippen molar-refractivity contribution in [1.29, 1.82) is 0 Å². The lowest BCUT2D eigenvalue weighted by Gasteiger charge is -2.09. The van der Waals surface area contributed by atoms with Gasteiger partial charge in [0.1, 0.15) is 0 Å². The molecule has 0 aliphatic carbocycles. The fourth-order valence-corrected chi connectivity index (χ4v) is 1.60. The van der Waals surface area contributed by atoms with Gasteiger partial charge >= 0.3 is 0 Å². The summed E-state index contributed by atoms with van der Waals surface area (Å²) in [5.41, 5.74) is 5.37. The maximum Gasteiger partial charge on any atom is 0.228 e. The van der Waals surface area contributed by atoms with Gasteiger partial charge in [0, 0.05) is 17.5 Å². The molecule has 0 spiro atoms. The zero-order chi connectivity index (χ0) is 10.4. The monoisotopic (exact) mass is 213 g/mol. The van der Waals surface area contributed by atoms with Crippen molar-refractivity contribution in [3.05, 3.63) is 11.6 Å². The zero-order valence-electron chi connectivity index (χ0n) is 8.19. The van der Waals surface area contributed by atoms with Crippen LogP contribution in [0.15, 0.2) is 11.6 Å². The minimum absolute atomic E-state index is 0.00227. The molecule has 0 fully saturated rings. The molecule has 0 saturated carbocycles. The summed E-state index contributed by atoms with van der Waals surface area (Å²) >= 11 is 1.42. The lowest BCUT2D eigenvalue weighted by Crippen LogP contribution is -2.20. The molecule has 0 aliphatic rings. The molecular formula is C9H15N3OS. The number of nitrogens with one attached hydrogen (secondary N) is 1. The van der Waals surface area contributed by atoms with Crippen molar-refractivity contribution in [3.63, 3.8) is 0 Å². The molecule has 1 aromatic rings. The Balaban J connectivity index is 2.34. The van der Waals surface area contributed by atoms with Crippen LogP contribution in [0.5, 0.6) is 0 Å². The third-order valence-electron chi connectivity index (χ3n) is 1.95. The first-order chi connectivity index (χ1) is 6.74. The highest BCUT2D eigenvalue weighted by Crippen LogP contribution is 2.13. The molecule has 1 rings (SSSR count). The fraction of sp³-hybridized carbons (Fsp3) is 0.556. The molecule has 1 aromatic heterocycles. The second kappa shape index (κ2) is 5.72. The van der Waals surface area contributed by atoms with Crippen LogP contribution < -0.4 is 11.1 Å². The summed E-state index contributed by atoms with van der Waals surface area (Å²) in [7, 11) is 0. The average Bonchev–Trinajstić information content (AvgIpc) is 2.66. The van der Waals surface area contributed by atoms with E-state index in [2.05, 4.69) is 10.3 Å². The van der Waals surface area contributed by atoms with Gasteiger partial charge < -0.3 is 11.1 Å². The number of hydrogen-bond donors (Lipinski definition) is 2. The quantitative estimate of drug-likeness (QED) is 0.778. The molecule has 0 radical (unpaired) electrons. The van der Waals surface area contributed by atoms with Gasteiger partial charge in [-0.1, -0.05) is 6.92 Å². The van der Waals surface area contributed by atoms with Crippen molar-refractivity contribution < 1.29 is 4.79 Å². The Morgan fingerprint density at radius 3 is 3.14 bits per heavy atom. The topological polar surface area (TPSA) is 68.0 Å². The predicted octanol–water partition coefficient (Wildman–Crippen LogP) is 1.46. The van der Waals surface area contributed by atoms with E-state index >= 15 is 0 Å². The van der Waals surface area contributed by atoms with Gasteiger partial charge in [-0.2, -0.15) is 0 Å². The van der Waals surface area contributed by atoms with E-state index in [1.54, 1.807) is 6.20 Å². The van der Waals surface area contributed by atoms with E-state index in [1.165, 1.54) is 11.3 Å². The van der Waals surface area contributed by atoms with E-state index in [0.717, 1.165) is 12.8 Å². The van der Waals surface area contributed by atoms with E-state index < -0.39 is 0 Å². The van der Waals surface area contributed by atoms with E-state index in [1.807, 2.05) is 12.3 Å². The average molecular weight is 213 g/mol. The summed E-state index contributed by atoms with van der Waals surface area (Å²) in [4.78, 5) is 15.5. The van der Waals surface area contributed by atoms with Crippen LogP contribution in [0.4, 0.5) is 5.13 Å². The van der Waals surface area contributed by atoms with E-state index in [9.17, 15) is 4.79 Å². The SMILES string of the molecule is CC(CCCN)C(=O)Nc1nccs1. The van der Waals surface area contributed by atoms with Crippen LogP contribution in [0.1, 0.15) is 19.8 Å². The summed E-state index contributed by atoms with van der Waals surface area (Å²) in [6.07, 6.45) is 3.38. The Hall–Kier alpha value is -0.940. The molecule has 0 saturated heterocycles. The fourth-order valence-electron chi connectivity index (χ4n) is 1.07.